The first-order valence-corrected chi connectivity index (χ1v) is 6.83. The van der Waals surface area contributed by atoms with Crippen molar-refractivity contribution in [2.24, 2.45) is 5.73 Å². The van der Waals surface area contributed by atoms with Gasteiger partial charge in [0.1, 0.15) is 17.7 Å². The van der Waals surface area contributed by atoms with Gasteiger partial charge in [0.2, 0.25) is 0 Å². The number of para-hydroxylation sites is 1. The standard InChI is InChI=1S/C17H20FNO/c1-12(2)15-5-3-4-6-16(15)20-17(11-19)13-7-9-14(18)10-8-13/h3-10,12,17H,11,19H2,1-2H3. The van der Waals surface area contributed by atoms with Crippen LogP contribution in [0.5, 0.6) is 5.75 Å². The van der Waals surface area contributed by atoms with Crippen LogP contribution < -0.4 is 10.5 Å². The van der Waals surface area contributed by atoms with Crippen molar-refractivity contribution >= 4 is 0 Å². The molecule has 0 aromatic heterocycles. The smallest absolute Gasteiger partial charge is 0.136 e. The molecular weight excluding hydrogens is 253 g/mol. The van der Waals surface area contributed by atoms with Crippen molar-refractivity contribution in [2.75, 3.05) is 6.54 Å². The van der Waals surface area contributed by atoms with E-state index in [9.17, 15) is 4.39 Å². The molecule has 20 heavy (non-hydrogen) atoms. The maximum Gasteiger partial charge on any atom is 0.136 e. The Morgan fingerprint density at radius 2 is 1.70 bits per heavy atom. The van der Waals surface area contributed by atoms with Gasteiger partial charge < -0.3 is 10.5 Å². The largest absolute Gasteiger partial charge is 0.484 e. The van der Waals surface area contributed by atoms with E-state index in [1.165, 1.54) is 12.1 Å². The lowest BCUT2D eigenvalue weighted by atomic mass is 10.0. The number of nitrogens with two attached hydrogens (primary N) is 1. The second-order valence-electron chi connectivity index (χ2n) is 5.09. The second kappa shape index (κ2) is 6.53. The molecule has 0 radical (unpaired) electrons. The highest BCUT2D eigenvalue weighted by Crippen LogP contribution is 2.29. The van der Waals surface area contributed by atoms with Gasteiger partial charge in [-0.05, 0) is 35.2 Å². The summed E-state index contributed by atoms with van der Waals surface area (Å²) in [7, 11) is 0. The zero-order valence-electron chi connectivity index (χ0n) is 11.8. The van der Waals surface area contributed by atoms with Crippen LogP contribution in [-0.4, -0.2) is 6.54 Å². The Hall–Kier alpha value is -1.87. The fourth-order valence-corrected chi connectivity index (χ4v) is 2.15. The van der Waals surface area contributed by atoms with Gasteiger partial charge in [-0.1, -0.05) is 44.2 Å². The van der Waals surface area contributed by atoms with Crippen LogP contribution in [0.15, 0.2) is 48.5 Å². The number of rotatable bonds is 5. The topological polar surface area (TPSA) is 35.2 Å². The van der Waals surface area contributed by atoms with Crippen LogP contribution in [0, 0.1) is 5.82 Å². The summed E-state index contributed by atoms with van der Waals surface area (Å²) in [5.41, 5.74) is 7.83. The molecule has 0 saturated carbocycles. The number of hydrogen-bond donors (Lipinski definition) is 1. The van der Waals surface area contributed by atoms with E-state index in [1.807, 2.05) is 18.2 Å². The Kier molecular flexibility index (Phi) is 4.74. The van der Waals surface area contributed by atoms with Crippen LogP contribution in [0.1, 0.15) is 37.0 Å². The minimum Gasteiger partial charge on any atom is -0.484 e. The maximum atomic E-state index is 13.0. The van der Waals surface area contributed by atoms with E-state index in [0.29, 0.717) is 12.5 Å². The SMILES string of the molecule is CC(C)c1ccccc1OC(CN)c1ccc(F)cc1. The molecule has 0 spiro atoms. The summed E-state index contributed by atoms with van der Waals surface area (Å²) in [5.74, 6) is 0.951. The summed E-state index contributed by atoms with van der Waals surface area (Å²) in [6, 6.07) is 14.2. The molecule has 0 aliphatic heterocycles. The summed E-state index contributed by atoms with van der Waals surface area (Å²) in [6.07, 6.45) is -0.268. The van der Waals surface area contributed by atoms with Crippen molar-refractivity contribution in [3.8, 4) is 5.75 Å². The molecule has 1 unspecified atom stereocenters. The summed E-state index contributed by atoms with van der Waals surface area (Å²) in [5, 5.41) is 0. The quantitative estimate of drug-likeness (QED) is 0.892. The van der Waals surface area contributed by atoms with E-state index >= 15 is 0 Å². The predicted molar refractivity (Wildman–Crippen MR) is 79.4 cm³/mol. The number of halogens is 1. The van der Waals surface area contributed by atoms with Crippen LogP contribution in [0.2, 0.25) is 0 Å². The highest BCUT2D eigenvalue weighted by Gasteiger charge is 2.15. The zero-order valence-corrected chi connectivity index (χ0v) is 11.8. The molecule has 0 amide bonds. The molecule has 0 aliphatic rings. The molecule has 2 aromatic carbocycles. The third kappa shape index (κ3) is 3.36. The Morgan fingerprint density at radius 3 is 2.30 bits per heavy atom. The second-order valence-corrected chi connectivity index (χ2v) is 5.09. The molecule has 0 aliphatic carbocycles. The average molecular weight is 273 g/mol. The minimum absolute atomic E-state index is 0.257. The van der Waals surface area contributed by atoms with Crippen molar-refractivity contribution < 1.29 is 9.13 Å². The number of hydrogen-bond acceptors (Lipinski definition) is 2. The molecule has 0 bridgehead atoms. The summed E-state index contributed by atoms with van der Waals surface area (Å²) < 4.78 is 19.0. The maximum absolute atomic E-state index is 13.0. The van der Waals surface area contributed by atoms with Crippen LogP contribution >= 0.6 is 0 Å². The van der Waals surface area contributed by atoms with E-state index in [4.69, 9.17) is 10.5 Å². The molecule has 2 nitrogen and oxygen atoms in total. The summed E-state index contributed by atoms with van der Waals surface area (Å²) in [4.78, 5) is 0. The van der Waals surface area contributed by atoms with Gasteiger partial charge in [-0.15, -0.1) is 0 Å². The third-order valence-corrected chi connectivity index (χ3v) is 3.27. The summed E-state index contributed by atoms with van der Waals surface area (Å²) in [6.45, 7) is 4.59. The lowest BCUT2D eigenvalue weighted by Gasteiger charge is -2.21. The van der Waals surface area contributed by atoms with Crippen molar-refractivity contribution in [2.45, 2.75) is 25.9 Å². The van der Waals surface area contributed by atoms with Gasteiger partial charge in [-0.25, -0.2) is 4.39 Å². The normalized spacial score (nSPS) is 12.4. The highest BCUT2D eigenvalue weighted by molar-refractivity contribution is 5.36. The fourth-order valence-electron chi connectivity index (χ4n) is 2.15. The average Bonchev–Trinajstić information content (AvgIpc) is 2.46. The first-order valence-electron chi connectivity index (χ1n) is 6.83. The first-order chi connectivity index (χ1) is 9.61. The monoisotopic (exact) mass is 273 g/mol. The Balaban J connectivity index is 2.24. The minimum atomic E-state index is -0.268. The van der Waals surface area contributed by atoms with Gasteiger partial charge in [0.05, 0.1) is 0 Å². The summed E-state index contributed by atoms with van der Waals surface area (Å²) >= 11 is 0. The van der Waals surface area contributed by atoms with Crippen molar-refractivity contribution in [3.05, 3.63) is 65.5 Å². The molecule has 0 heterocycles. The molecular formula is C17H20FNO. The van der Waals surface area contributed by atoms with E-state index in [1.54, 1.807) is 12.1 Å². The molecule has 2 N–H and O–H groups in total. The highest BCUT2D eigenvalue weighted by atomic mass is 19.1. The van der Waals surface area contributed by atoms with Gasteiger partial charge >= 0.3 is 0 Å². The molecule has 0 saturated heterocycles. The van der Waals surface area contributed by atoms with Gasteiger partial charge in [0.15, 0.2) is 0 Å². The third-order valence-electron chi connectivity index (χ3n) is 3.27. The Morgan fingerprint density at radius 1 is 1.05 bits per heavy atom. The van der Waals surface area contributed by atoms with E-state index < -0.39 is 0 Å². The van der Waals surface area contributed by atoms with Crippen molar-refractivity contribution in [1.82, 2.24) is 0 Å². The van der Waals surface area contributed by atoms with Crippen LogP contribution in [0.4, 0.5) is 4.39 Å². The fraction of sp³-hybridized carbons (Fsp3) is 0.294. The van der Waals surface area contributed by atoms with Crippen LogP contribution in [0.25, 0.3) is 0 Å². The number of benzene rings is 2. The molecule has 1 atom stereocenters. The van der Waals surface area contributed by atoms with Gasteiger partial charge in [-0.2, -0.15) is 0 Å². The van der Waals surface area contributed by atoms with Crippen LogP contribution in [0.3, 0.4) is 0 Å². The van der Waals surface area contributed by atoms with Crippen molar-refractivity contribution in [1.29, 1.82) is 0 Å². The molecule has 2 aromatic rings. The van der Waals surface area contributed by atoms with E-state index in [0.717, 1.165) is 16.9 Å². The Bertz CT molecular complexity index is 551. The Labute approximate surface area is 119 Å². The van der Waals surface area contributed by atoms with Crippen LogP contribution in [-0.2, 0) is 0 Å². The lowest BCUT2D eigenvalue weighted by molar-refractivity contribution is 0.211. The van der Waals surface area contributed by atoms with E-state index in [-0.39, 0.29) is 11.9 Å². The van der Waals surface area contributed by atoms with Gasteiger partial charge in [0, 0.05) is 6.54 Å². The molecule has 2 rings (SSSR count). The van der Waals surface area contributed by atoms with Crippen molar-refractivity contribution in [3.63, 3.8) is 0 Å². The van der Waals surface area contributed by atoms with Gasteiger partial charge in [-0.3, -0.25) is 0 Å². The molecule has 0 fully saturated rings. The van der Waals surface area contributed by atoms with E-state index in [2.05, 4.69) is 19.9 Å². The first kappa shape index (κ1) is 14.5. The lowest BCUT2D eigenvalue weighted by Crippen LogP contribution is -2.19. The molecule has 3 heteroatoms. The predicted octanol–water partition coefficient (Wildman–Crippen LogP) is 4.03. The zero-order chi connectivity index (χ0) is 14.5. The number of ether oxygens (including phenoxy) is 1. The molecule has 106 valence electrons. The van der Waals surface area contributed by atoms with Gasteiger partial charge in [0.25, 0.3) is 0 Å².